The first-order valence-corrected chi connectivity index (χ1v) is 5.94. The van der Waals surface area contributed by atoms with Crippen LogP contribution in [0.4, 0.5) is 14.5 Å². The summed E-state index contributed by atoms with van der Waals surface area (Å²) >= 11 is 0. The summed E-state index contributed by atoms with van der Waals surface area (Å²) in [6.07, 6.45) is 1.55. The number of hydrogen-bond donors (Lipinski definition) is 1. The fourth-order valence-electron chi connectivity index (χ4n) is 1.92. The average molecular weight is 256 g/mol. The van der Waals surface area contributed by atoms with Crippen LogP contribution in [0.5, 0.6) is 0 Å². The van der Waals surface area contributed by atoms with Gasteiger partial charge in [0, 0.05) is 19.2 Å². The van der Waals surface area contributed by atoms with Crippen LogP contribution in [-0.2, 0) is 0 Å². The van der Waals surface area contributed by atoms with E-state index in [0.29, 0.717) is 6.07 Å². The fourth-order valence-corrected chi connectivity index (χ4v) is 1.92. The smallest absolute Gasteiger partial charge is 0.256 e. The molecule has 0 aromatic heterocycles. The molecule has 0 aliphatic carbocycles. The molecule has 0 atom stereocenters. The fraction of sp³-hybridized carbons (Fsp3) is 0.462. The van der Waals surface area contributed by atoms with Gasteiger partial charge in [0.05, 0.1) is 11.3 Å². The van der Waals surface area contributed by atoms with Crippen molar-refractivity contribution < 1.29 is 13.6 Å². The summed E-state index contributed by atoms with van der Waals surface area (Å²) < 4.78 is 26.6. The van der Waals surface area contributed by atoms with Gasteiger partial charge in [-0.2, -0.15) is 0 Å². The van der Waals surface area contributed by atoms with Crippen molar-refractivity contribution in [3.05, 3.63) is 29.3 Å². The Kier molecular flexibility index (Phi) is 4.64. The van der Waals surface area contributed by atoms with Crippen molar-refractivity contribution in [1.29, 1.82) is 0 Å². The number of nitrogen functional groups attached to an aromatic ring is 1. The van der Waals surface area contributed by atoms with E-state index in [0.717, 1.165) is 18.9 Å². The van der Waals surface area contributed by atoms with Gasteiger partial charge in [0.15, 0.2) is 0 Å². The molecule has 100 valence electrons. The summed E-state index contributed by atoms with van der Waals surface area (Å²) in [5.74, 6) is -2.22. The van der Waals surface area contributed by atoms with Gasteiger partial charge in [-0.15, -0.1) is 0 Å². The lowest BCUT2D eigenvalue weighted by atomic mass is 10.1. The van der Waals surface area contributed by atoms with Gasteiger partial charge >= 0.3 is 0 Å². The number of hydrogen-bond acceptors (Lipinski definition) is 2. The van der Waals surface area contributed by atoms with E-state index in [2.05, 4.69) is 0 Å². The Morgan fingerprint density at radius 1 is 1.28 bits per heavy atom. The molecule has 2 N–H and O–H groups in total. The highest BCUT2D eigenvalue weighted by molar-refractivity contribution is 5.95. The molecule has 0 spiro atoms. The molecule has 0 aliphatic rings. The zero-order valence-electron chi connectivity index (χ0n) is 10.8. The normalized spacial score (nSPS) is 10.8. The van der Waals surface area contributed by atoms with Crippen LogP contribution >= 0.6 is 0 Å². The molecule has 0 bridgehead atoms. The molecular weight excluding hydrogens is 238 g/mol. The van der Waals surface area contributed by atoms with Gasteiger partial charge in [-0.05, 0) is 18.9 Å². The Morgan fingerprint density at radius 3 is 2.33 bits per heavy atom. The zero-order chi connectivity index (χ0) is 13.9. The molecule has 0 radical (unpaired) electrons. The molecule has 3 nitrogen and oxygen atoms in total. The first kappa shape index (κ1) is 14.4. The lowest BCUT2D eigenvalue weighted by Gasteiger charge is -2.26. The first-order chi connectivity index (χ1) is 8.42. The molecule has 1 aromatic rings. The van der Waals surface area contributed by atoms with Crippen LogP contribution in [0.3, 0.4) is 0 Å². The third-order valence-electron chi connectivity index (χ3n) is 3.13. The number of nitrogens with zero attached hydrogens (tertiary/aromatic N) is 1. The number of benzene rings is 1. The van der Waals surface area contributed by atoms with Crippen LogP contribution < -0.4 is 5.73 Å². The van der Waals surface area contributed by atoms with E-state index in [-0.39, 0.29) is 17.3 Å². The highest BCUT2D eigenvalue weighted by Gasteiger charge is 2.22. The predicted octanol–water partition coefficient (Wildman–Crippen LogP) is 2.81. The SMILES string of the molecule is CCC(CC)N(C)C(=O)c1cc(N)c(F)cc1F. The summed E-state index contributed by atoms with van der Waals surface area (Å²) in [6, 6.07) is 1.72. The Morgan fingerprint density at radius 2 is 1.83 bits per heavy atom. The summed E-state index contributed by atoms with van der Waals surface area (Å²) in [4.78, 5) is 13.6. The van der Waals surface area contributed by atoms with Crippen molar-refractivity contribution in [2.45, 2.75) is 32.7 Å². The lowest BCUT2D eigenvalue weighted by Crippen LogP contribution is -2.36. The van der Waals surface area contributed by atoms with Gasteiger partial charge in [0.2, 0.25) is 0 Å². The largest absolute Gasteiger partial charge is 0.396 e. The number of nitrogens with two attached hydrogens (primary N) is 1. The number of carbonyl (C=O) groups excluding carboxylic acids is 1. The maximum Gasteiger partial charge on any atom is 0.256 e. The van der Waals surface area contributed by atoms with Crippen LogP contribution in [-0.4, -0.2) is 23.9 Å². The Balaban J connectivity index is 3.07. The zero-order valence-corrected chi connectivity index (χ0v) is 10.8. The minimum Gasteiger partial charge on any atom is -0.396 e. The lowest BCUT2D eigenvalue weighted by molar-refractivity contribution is 0.0719. The maximum absolute atomic E-state index is 13.6. The molecule has 0 fully saturated rings. The van der Waals surface area contributed by atoms with Gasteiger partial charge in [-0.3, -0.25) is 4.79 Å². The van der Waals surface area contributed by atoms with Crippen molar-refractivity contribution in [3.63, 3.8) is 0 Å². The molecule has 0 unspecified atom stereocenters. The standard InChI is InChI=1S/C13H18F2N2O/c1-4-8(5-2)17(3)13(18)9-6-12(16)11(15)7-10(9)14/h6-8H,4-5,16H2,1-3H3. The summed E-state index contributed by atoms with van der Waals surface area (Å²) in [6.45, 7) is 3.90. The Hall–Kier alpha value is -1.65. The molecular formula is C13H18F2N2O. The average Bonchev–Trinajstić information content (AvgIpc) is 2.34. The second-order valence-corrected chi connectivity index (χ2v) is 4.24. The van der Waals surface area contributed by atoms with Crippen LogP contribution in [0.2, 0.25) is 0 Å². The van der Waals surface area contributed by atoms with Crippen LogP contribution in [0.25, 0.3) is 0 Å². The third kappa shape index (κ3) is 2.78. The van der Waals surface area contributed by atoms with Gasteiger partial charge in [-0.25, -0.2) is 8.78 Å². The summed E-state index contributed by atoms with van der Waals surface area (Å²) in [5, 5.41) is 0. The monoisotopic (exact) mass is 256 g/mol. The minimum absolute atomic E-state index is 0.0307. The van der Waals surface area contributed by atoms with Crippen LogP contribution in [0.1, 0.15) is 37.0 Å². The second kappa shape index (κ2) is 5.80. The van der Waals surface area contributed by atoms with Gasteiger partial charge in [0.25, 0.3) is 5.91 Å². The number of carbonyl (C=O) groups is 1. The molecule has 18 heavy (non-hydrogen) atoms. The number of amides is 1. The minimum atomic E-state index is -0.885. The number of rotatable bonds is 4. The summed E-state index contributed by atoms with van der Waals surface area (Å²) in [7, 11) is 1.61. The molecule has 0 saturated heterocycles. The molecule has 5 heteroatoms. The summed E-state index contributed by atoms with van der Waals surface area (Å²) in [5.41, 5.74) is 4.94. The van der Waals surface area contributed by atoms with Gasteiger partial charge in [-0.1, -0.05) is 13.8 Å². The highest BCUT2D eigenvalue weighted by atomic mass is 19.1. The number of anilines is 1. The van der Waals surface area contributed by atoms with E-state index >= 15 is 0 Å². The topological polar surface area (TPSA) is 46.3 Å². The molecule has 1 aromatic carbocycles. The van der Waals surface area contributed by atoms with Crippen molar-refractivity contribution in [2.75, 3.05) is 12.8 Å². The highest BCUT2D eigenvalue weighted by Crippen LogP contribution is 2.19. The third-order valence-corrected chi connectivity index (χ3v) is 3.13. The quantitative estimate of drug-likeness (QED) is 0.842. The molecule has 0 aliphatic heterocycles. The number of halogens is 2. The van der Waals surface area contributed by atoms with Crippen molar-refractivity contribution in [1.82, 2.24) is 4.90 Å². The van der Waals surface area contributed by atoms with E-state index in [1.165, 1.54) is 4.90 Å². The Labute approximate surface area is 106 Å². The second-order valence-electron chi connectivity index (χ2n) is 4.24. The van der Waals surface area contributed by atoms with E-state index < -0.39 is 17.5 Å². The molecule has 0 heterocycles. The van der Waals surface area contributed by atoms with Crippen molar-refractivity contribution >= 4 is 11.6 Å². The van der Waals surface area contributed by atoms with E-state index in [1.807, 2.05) is 13.8 Å². The maximum atomic E-state index is 13.6. The van der Waals surface area contributed by atoms with Crippen LogP contribution in [0.15, 0.2) is 12.1 Å². The Bertz CT molecular complexity index is 445. The first-order valence-electron chi connectivity index (χ1n) is 5.94. The van der Waals surface area contributed by atoms with E-state index in [4.69, 9.17) is 5.73 Å². The predicted molar refractivity (Wildman–Crippen MR) is 67.2 cm³/mol. The van der Waals surface area contributed by atoms with E-state index in [9.17, 15) is 13.6 Å². The van der Waals surface area contributed by atoms with Crippen LogP contribution in [0, 0.1) is 11.6 Å². The van der Waals surface area contributed by atoms with Gasteiger partial charge in [0.1, 0.15) is 11.6 Å². The molecule has 0 saturated carbocycles. The van der Waals surface area contributed by atoms with Crippen molar-refractivity contribution in [2.24, 2.45) is 0 Å². The molecule has 1 rings (SSSR count). The van der Waals surface area contributed by atoms with Gasteiger partial charge < -0.3 is 10.6 Å². The molecule has 1 amide bonds. The van der Waals surface area contributed by atoms with E-state index in [1.54, 1.807) is 7.05 Å². The van der Waals surface area contributed by atoms with Crippen molar-refractivity contribution in [3.8, 4) is 0 Å².